The van der Waals surface area contributed by atoms with Gasteiger partial charge in [-0.05, 0) is 30.3 Å². The maximum Gasteiger partial charge on any atom is 0.251 e. The highest BCUT2D eigenvalue weighted by Crippen LogP contribution is 2.30. The second-order valence-corrected chi connectivity index (χ2v) is 4.83. The van der Waals surface area contributed by atoms with Crippen molar-refractivity contribution in [2.75, 3.05) is 31.8 Å². The van der Waals surface area contributed by atoms with Crippen molar-refractivity contribution in [1.82, 2.24) is 5.32 Å². The van der Waals surface area contributed by atoms with Gasteiger partial charge in [-0.2, -0.15) is 0 Å². The van der Waals surface area contributed by atoms with Crippen LogP contribution in [0.25, 0.3) is 0 Å². The smallest absolute Gasteiger partial charge is 0.251 e. The largest absolute Gasteiger partial charge is 0.455 e. The number of carbonyl (C=O) groups excluding carboxylic acids is 1. The average Bonchev–Trinajstić information content (AvgIpc) is 2.48. The zero-order valence-electron chi connectivity index (χ0n) is 12.4. The molecular weight excluding hydrogens is 266 g/mol. The highest BCUT2D eigenvalue weighted by Gasteiger charge is 2.08. The molecule has 0 unspecified atom stereocenters. The summed E-state index contributed by atoms with van der Waals surface area (Å²) in [5, 5.41) is 2.56. The number of nitrogens with one attached hydrogen (secondary N) is 1. The lowest BCUT2D eigenvalue weighted by Crippen LogP contribution is -2.17. The van der Waals surface area contributed by atoms with Gasteiger partial charge < -0.3 is 20.7 Å². The number of rotatable bonds is 4. The zero-order valence-corrected chi connectivity index (χ0v) is 12.4. The summed E-state index contributed by atoms with van der Waals surface area (Å²) in [5.74, 6) is 1.04. The molecule has 0 bridgehead atoms. The third-order valence-corrected chi connectivity index (χ3v) is 3.06. The van der Waals surface area contributed by atoms with E-state index in [0.717, 1.165) is 5.69 Å². The van der Waals surface area contributed by atoms with Crippen molar-refractivity contribution >= 4 is 17.3 Å². The predicted molar refractivity (Wildman–Crippen MR) is 85.1 cm³/mol. The van der Waals surface area contributed by atoms with Crippen molar-refractivity contribution in [2.24, 2.45) is 0 Å². The molecule has 0 fully saturated rings. The van der Waals surface area contributed by atoms with Crippen LogP contribution in [-0.4, -0.2) is 27.1 Å². The molecule has 0 saturated carbocycles. The number of ether oxygens (including phenoxy) is 1. The van der Waals surface area contributed by atoms with E-state index < -0.39 is 0 Å². The van der Waals surface area contributed by atoms with Crippen molar-refractivity contribution in [3.63, 3.8) is 0 Å². The molecule has 0 aromatic heterocycles. The van der Waals surface area contributed by atoms with Crippen molar-refractivity contribution in [1.29, 1.82) is 0 Å². The Morgan fingerprint density at radius 3 is 2.57 bits per heavy atom. The zero-order chi connectivity index (χ0) is 15.4. The van der Waals surface area contributed by atoms with Crippen LogP contribution in [0.4, 0.5) is 11.4 Å². The van der Waals surface area contributed by atoms with Crippen molar-refractivity contribution in [3.8, 4) is 11.5 Å². The monoisotopic (exact) mass is 285 g/mol. The third-order valence-electron chi connectivity index (χ3n) is 3.06. The lowest BCUT2D eigenvalue weighted by atomic mass is 10.2. The summed E-state index contributed by atoms with van der Waals surface area (Å²) in [6, 6.07) is 12.7. The number of benzene rings is 2. The van der Waals surface area contributed by atoms with E-state index in [1.807, 2.05) is 43.3 Å². The van der Waals surface area contributed by atoms with Crippen molar-refractivity contribution in [2.45, 2.75) is 0 Å². The van der Waals surface area contributed by atoms with Crippen LogP contribution in [-0.2, 0) is 0 Å². The molecule has 0 spiro atoms. The standard InChI is InChI=1S/C16H19N3O2/c1-18-16(20)11-7-8-15(14(17)9-11)21-13-6-4-5-12(10-13)19(2)3/h4-10H,17H2,1-3H3,(H,18,20). The quantitative estimate of drug-likeness (QED) is 0.847. The predicted octanol–water partition coefficient (Wildman–Crippen LogP) is 2.49. The Labute approximate surface area is 124 Å². The molecule has 0 heterocycles. The molecule has 0 atom stereocenters. The Balaban J connectivity index is 2.24. The van der Waals surface area contributed by atoms with Crippen LogP contribution in [0.1, 0.15) is 10.4 Å². The third kappa shape index (κ3) is 3.45. The van der Waals surface area contributed by atoms with E-state index in [2.05, 4.69) is 5.32 Å². The minimum Gasteiger partial charge on any atom is -0.455 e. The highest BCUT2D eigenvalue weighted by molar-refractivity contribution is 5.95. The normalized spacial score (nSPS) is 10.0. The van der Waals surface area contributed by atoms with E-state index in [1.54, 1.807) is 25.2 Å². The molecule has 21 heavy (non-hydrogen) atoms. The summed E-state index contributed by atoms with van der Waals surface area (Å²) in [5.41, 5.74) is 7.91. The summed E-state index contributed by atoms with van der Waals surface area (Å²) in [6.07, 6.45) is 0. The Kier molecular flexibility index (Phi) is 4.33. The molecule has 2 rings (SSSR count). The van der Waals surface area contributed by atoms with Gasteiger partial charge in [0.15, 0.2) is 0 Å². The van der Waals surface area contributed by atoms with Gasteiger partial charge in [-0.25, -0.2) is 0 Å². The Morgan fingerprint density at radius 2 is 1.95 bits per heavy atom. The SMILES string of the molecule is CNC(=O)c1ccc(Oc2cccc(N(C)C)c2)c(N)c1. The summed E-state index contributed by atoms with van der Waals surface area (Å²) in [6.45, 7) is 0. The first-order valence-electron chi connectivity index (χ1n) is 6.58. The second-order valence-electron chi connectivity index (χ2n) is 4.83. The molecule has 2 aromatic rings. The molecule has 2 aromatic carbocycles. The second kappa shape index (κ2) is 6.17. The molecule has 5 nitrogen and oxygen atoms in total. The van der Waals surface area contributed by atoms with Crippen LogP contribution in [0.15, 0.2) is 42.5 Å². The van der Waals surface area contributed by atoms with Gasteiger partial charge in [0.05, 0.1) is 5.69 Å². The van der Waals surface area contributed by atoms with Crippen LogP contribution in [0.2, 0.25) is 0 Å². The van der Waals surface area contributed by atoms with E-state index in [9.17, 15) is 4.79 Å². The molecule has 3 N–H and O–H groups in total. The molecule has 0 aliphatic rings. The van der Waals surface area contributed by atoms with Crippen LogP contribution in [0, 0.1) is 0 Å². The summed E-state index contributed by atoms with van der Waals surface area (Å²) >= 11 is 0. The van der Waals surface area contributed by atoms with Gasteiger partial charge in [0, 0.05) is 38.5 Å². The van der Waals surface area contributed by atoms with Gasteiger partial charge in [0.1, 0.15) is 11.5 Å². The number of nitrogens with zero attached hydrogens (tertiary/aromatic N) is 1. The summed E-state index contributed by atoms with van der Waals surface area (Å²) < 4.78 is 5.78. The summed E-state index contributed by atoms with van der Waals surface area (Å²) in [7, 11) is 5.51. The molecule has 0 radical (unpaired) electrons. The fraction of sp³-hybridized carbons (Fsp3) is 0.188. The number of hydrogen-bond acceptors (Lipinski definition) is 4. The van der Waals surface area contributed by atoms with E-state index >= 15 is 0 Å². The molecule has 0 aliphatic carbocycles. The van der Waals surface area contributed by atoms with Crippen LogP contribution in [0.3, 0.4) is 0 Å². The van der Waals surface area contributed by atoms with Gasteiger partial charge in [-0.15, -0.1) is 0 Å². The molecule has 0 saturated heterocycles. The molecule has 0 aliphatic heterocycles. The first-order valence-corrected chi connectivity index (χ1v) is 6.58. The van der Waals surface area contributed by atoms with E-state index in [-0.39, 0.29) is 5.91 Å². The van der Waals surface area contributed by atoms with E-state index in [0.29, 0.717) is 22.7 Å². The van der Waals surface area contributed by atoms with Gasteiger partial charge in [0.25, 0.3) is 5.91 Å². The number of nitrogen functional groups attached to an aromatic ring is 1. The van der Waals surface area contributed by atoms with Crippen molar-refractivity contribution < 1.29 is 9.53 Å². The minimum atomic E-state index is -0.178. The van der Waals surface area contributed by atoms with Gasteiger partial charge in [-0.1, -0.05) is 6.07 Å². The number of nitrogens with two attached hydrogens (primary N) is 1. The lowest BCUT2D eigenvalue weighted by molar-refractivity contribution is 0.0963. The van der Waals surface area contributed by atoms with Gasteiger partial charge in [-0.3, -0.25) is 4.79 Å². The molecule has 110 valence electrons. The van der Waals surface area contributed by atoms with Crippen LogP contribution in [0.5, 0.6) is 11.5 Å². The Hall–Kier alpha value is -2.69. The first kappa shape index (κ1) is 14.7. The Bertz CT molecular complexity index is 654. The molecular formula is C16H19N3O2. The number of amides is 1. The molecule has 1 amide bonds. The van der Waals surface area contributed by atoms with Crippen LogP contribution >= 0.6 is 0 Å². The fourth-order valence-corrected chi connectivity index (χ4v) is 1.88. The van der Waals surface area contributed by atoms with E-state index in [1.165, 1.54) is 0 Å². The topological polar surface area (TPSA) is 67.6 Å². The fourth-order valence-electron chi connectivity index (χ4n) is 1.88. The summed E-state index contributed by atoms with van der Waals surface area (Å²) in [4.78, 5) is 13.5. The number of hydrogen-bond donors (Lipinski definition) is 2. The number of carbonyl (C=O) groups is 1. The first-order chi connectivity index (χ1) is 10.0. The maximum atomic E-state index is 11.5. The Morgan fingerprint density at radius 1 is 1.19 bits per heavy atom. The average molecular weight is 285 g/mol. The highest BCUT2D eigenvalue weighted by atomic mass is 16.5. The van der Waals surface area contributed by atoms with Gasteiger partial charge >= 0.3 is 0 Å². The maximum absolute atomic E-state index is 11.5. The number of anilines is 2. The molecule has 5 heteroatoms. The van der Waals surface area contributed by atoms with E-state index in [4.69, 9.17) is 10.5 Å². The van der Waals surface area contributed by atoms with Gasteiger partial charge in [0.2, 0.25) is 0 Å². The van der Waals surface area contributed by atoms with Crippen LogP contribution < -0.4 is 20.7 Å². The van der Waals surface area contributed by atoms with Crippen molar-refractivity contribution in [3.05, 3.63) is 48.0 Å². The minimum absolute atomic E-state index is 0.178. The lowest BCUT2D eigenvalue weighted by Gasteiger charge is -2.14.